The van der Waals surface area contributed by atoms with Gasteiger partial charge in [-0.05, 0) is 36.2 Å². The number of amides is 1. The SMILES string of the molecule is C=CCOc1ccc(-c2nnc(CCC(=O)NCCc3ccccc3)c(=O)[nH]2)cc1. The van der Waals surface area contributed by atoms with Crippen LogP contribution < -0.4 is 15.6 Å². The molecule has 0 spiro atoms. The molecule has 0 radical (unpaired) electrons. The van der Waals surface area contributed by atoms with Gasteiger partial charge in [0, 0.05) is 24.9 Å². The molecular weight excluding hydrogens is 380 g/mol. The highest BCUT2D eigenvalue weighted by molar-refractivity contribution is 5.76. The van der Waals surface area contributed by atoms with E-state index >= 15 is 0 Å². The van der Waals surface area contributed by atoms with E-state index in [9.17, 15) is 9.59 Å². The molecule has 0 saturated carbocycles. The summed E-state index contributed by atoms with van der Waals surface area (Å²) in [6.45, 7) is 4.58. The van der Waals surface area contributed by atoms with Gasteiger partial charge in [-0.1, -0.05) is 43.0 Å². The lowest BCUT2D eigenvalue weighted by Crippen LogP contribution is -2.27. The molecule has 30 heavy (non-hydrogen) atoms. The zero-order valence-electron chi connectivity index (χ0n) is 16.6. The molecule has 7 heteroatoms. The first kappa shape index (κ1) is 21.0. The number of rotatable bonds is 10. The molecule has 1 heterocycles. The van der Waals surface area contributed by atoms with Gasteiger partial charge in [0.15, 0.2) is 5.82 Å². The average molecular weight is 404 g/mol. The van der Waals surface area contributed by atoms with Gasteiger partial charge in [0.1, 0.15) is 18.1 Å². The van der Waals surface area contributed by atoms with Crippen LogP contribution >= 0.6 is 0 Å². The first-order chi connectivity index (χ1) is 14.7. The fourth-order valence-corrected chi connectivity index (χ4v) is 2.83. The number of nitrogens with one attached hydrogen (secondary N) is 2. The quantitative estimate of drug-likeness (QED) is 0.507. The third-order valence-corrected chi connectivity index (χ3v) is 4.43. The van der Waals surface area contributed by atoms with E-state index < -0.39 is 0 Å². The summed E-state index contributed by atoms with van der Waals surface area (Å²) < 4.78 is 5.43. The number of nitrogens with zero attached hydrogens (tertiary/aromatic N) is 2. The van der Waals surface area contributed by atoms with Gasteiger partial charge >= 0.3 is 0 Å². The normalized spacial score (nSPS) is 10.4. The first-order valence-corrected chi connectivity index (χ1v) is 9.76. The number of aryl methyl sites for hydroxylation is 1. The van der Waals surface area contributed by atoms with Gasteiger partial charge in [-0.3, -0.25) is 9.59 Å². The molecule has 2 aromatic carbocycles. The molecule has 0 aliphatic heterocycles. The van der Waals surface area contributed by atoms with Crippen LogP contribution in [0.15, 0.2) is 72.0 Å². The zero-order valence-corrected chi connectivity index (χ0v) is 16.6. The van der Waals surface area contributed by atoms with Crippen LogP contribution in [0.3, 0.4) is 0 Å². The largest absolute Gasteiger partial charge is 0.490 e. The Morgan fingerprint density at radius 1 is 1.07 bits per heavy atom. The van der Waals surface area contributed by atoms with Crippen molar-refractivity contribution in [1.29, 1.82) is 0 Å². The molecule has 0 saturated heterocycles. The molecule has 0 aliphatic rings. The van der Waals surface area contributed by atoms with Gasteiger partial charge < -0.3 is 15.0 Å². The molecule has 154 valence electrons. The predicted molar refractivity (Wildman–Crippen MR) is 115 cm³/mol. The van der Waals surface area contributed by atoms with Gasteiger partial charge in [-0.15, -0.1) is 10.2 Å². The monoisotopic (exact) mass is 404 g/mol. The molecular formula is C23H24N4O3. The van der Waals surface area contributed by atoms with Crippen LogP contribution in [0.5, 0.6) is 5.75 Å². The van der Waals surface area contributed by atoms with Crippen molar-refractivity contribution in [1.82, 2.24) is 20.5 Å². The summed E-state index contributed by atoms with van der Waals surface area (Å²) in [7, 11) is 0. The summed E-state index contributed by atoms with van der Waals surface area (Å²) in [5.74, 6) is 0.946. The summed E-state index contributed by atoms with van der Waals surface area (Å²) in [6.07, 6.45) is 2.84. The van der Waals surface area contributed by atoms with Crippen molar-refractivity contribution in [2.45, 2.75) is 19.3 Å². The summed E-state index contributed by atoms with van der Waals surface area (Å²) in [6, 6.07) is 17.1. The van der Waals surface area contributed by atoms with E-state index in [0.29, 0.717) is 24.7 Å². The van der Waals surface area contributed by atoms with E-state index in [4.69, 9.17) is 4.74 Å². The van der Waals surface area contributed by atoms with E-state index in [2.05, 4.69) is 27.1 Å². The minimum Gasteiger partial charge on any atom is -0.490 e. The van der Waals surface area contributed by atoms with Crippen LogP contribution in [0.4, 0.5) is 0 Å². The highest BCUT2D eigenvalue weighted by Gasteiger charge is 2.09. The first-order valence-electron chi connectivity index (χ1n) is 9.76. The standard InChI is InChI=1S/C23H24N4O3/c1-2-16-30-19-10-8-18(9-11-19)22-25-23(29)20(26-27-22)12-13-21(28)24-15-14-17-6-4-3-5-7-17/h2-11H,1,12-16H2,(H,24,28)(H,25,27,29). The van der Waals surface area contributed by atoms with Crippen molar-refractivity contribution in [2.24, 2.45) is 0 Å². The zero-order chi connectivity index (χ0) is 21.2. The Morgan fingerprint density at radius 2 is 1.83 bits per heavy atom. The third-order valence-electron chi connectivity index (χ3n) is 4.43. The molecule has 0 bridgehead atoms. The van der Waals surface area contributed by atoms with Crippen molar-refractivity contribution < 1.29 is 9.53 Å². The van der Waals surface area contributed by atoms with Gasteiger partial charge in [-0.2, -0.15) is 0 Å². The van der Waals surface area contributed by atoms with E-state index in [0.717, 1.165) is 17.5 Å². The Bertz CT molecular complexity index is 1030. The van der Waals surface area contributed by atoms with Gasteiger partial charge in [0.2, 0.25) is 5.91 Å². The lowest BCUT2D eigenvalue weighted by atomic mass is 10.1. The second kappa shape index (κ2) is 10.7. The maximum absolute atomic E-state index is 12.3. The number of hydrogen-bond donors (Lipinski definition) is 2. The minimum absolute atomic E-state index is 0.119. The number of carbonyl (C=O) groups excluding carboxylic acids is 1. The highest BCUT2D eigenvalue weighted by Crippen LogP contribution is 2.18. The molecule has 0 unspecified atom stereocenters. The topological polar surface area (TPSA) is 97.0 Å². The molecule has 1 aromatic heterocycles. The smallest absolute Gasteiger partial charge is 0.273 e. The molecule has 3 aromatic rings. The third kappa shape index (κ3) is 6.13. The van der Waals surface area contributed by atoms with Crippen molar-refractivity contribution in [3.63, 3.8) is 0 Å². The highest BCUT2D eigenvalue weighted by atomic mass is 16.5. The average Bonchev–Trinajstić information content (AvgIpc) is 2.78. The van der Waals surface area contributed by atoms with Crippen LogP contribution in [-0.4, -0.2) is 34.2 Å². The Labute approximate surface area is 174 Å². The Kier molecular flexibility index (Phi) is 7.49. The maximum atomic E-state index is 12.3. The van der Waals surface area contributed by atoms with Gasteiger partial charge in [0.05, 0.1) is 0 Å². The van der Waals surface area contributed by atoms with E-state index in [-0.39, 0.29) is 30.0 Å². The van der Waals surface area contributed by atoms with E-state index in [1.165, 1.54) is 0 Å². The van der Waals surface area contributed by atoms with Gasteiger partial charge in [0.25, 0.3) is 5.56 Å². The minimum atomic E-state index is -0.343. The lowest BCUT2D eigenvalue weighted by Gasteiger charge is -2.06. The number of ether oxygens (including phenoxy) is 1. The fourth-order valence-electron chi connectivity index (χ4n) is 2.83. The van der Waals surface area contributed by atoms with Crippen molar-refractivity contribution >= 4 is 5.91 Å². The molecule has 0 atom stereocenters. The summed E-state index contributed by atoms with van der Waals surface area (Å²) in [5.41, 5.74) is 1.78. The number of benzene rings is 2. The number of aromatic nitrogens is 3. The van der Waals surface area contributed by atoms with Gasteiger partial charge in [-0.25, -0.2) is 0 Å². The fraction of sp³-hybridized carbons (Fsp3) is 0.217. The van der Waals surface area contributed by atoms with Crippen molar-refractivity contribution in [3.8, 4) is 17.1 Å². The molecule has 7 nitrogen and oxygen atoms in total. The van der Waals surface area contributed by atoms with Crippen LogP contribution in [0.25, 0.3) is 11.4 Å². The Morgan fingerprint density at radius 3 is 2.53 bits per heavy atom. The number of H-pyrrole nitrogens is 1. The van der Waals surface area contributed by atoms with Crippen LogP contribution in [0, 0.1) is 0 Å². The lowest BCUT2D eigenvalue weighted by molar-refractivity contribution is -0.121. The van der Waals surface area contributed by atoms with Crippen molar-refractivity contribution in [2.75, 3.05) is 13.2 Å². The van der Waals surface area contributed by atoms with Crippen LogP contribution in [0.2, 0.25) is 0 Å². The second-order valence-electron chi connectivity index (χ2n) is 6.66. The summed E-state index contributed by atoms with van der Waals surface area (Å²) in [5, 5.41) is 11.0. The Balaban J connectivity index is 1.50. The maximum Gasteiger partial charge on any atom is 0.273 e. The molecule has 0 fully saturated rings. The molecule has 0 aliphatic carbocycles. The summed E-state index contributed by atoms with van der Waals surface area (Å²) in [4.78, 5) is 27.1. The molecule has 3 rings (SSSR count). The number of carbonyl (C=O) groups is 1. The van der Waals surface area contributed by atoms with E-state index in [1.54, 1.807) is 30.3 Å². The van der Waals surface area contributed by atoms with Crippen molar-refractivity contribution in [3.05, 3.63) is 88.9 Å². The predicted octanol–water partition coefficient (Wildman–Crippen LogP) is 2.69. The number of hydrogen-bond acceptors (Lipinski definition) is 5. The number of aromatic amines is 1. The molecule has 1 amide bonds. The Hall–Kier alpha value is -3.74. The van der Waals surface area contributed by atoms with Crippen LogP contribution in [0.1, 0.15) is 17.7 Å². The second-order valence-corrected chi connectivity index (χ2v) is 6.66. The van der Waals surface area contributed by atoms with Crippen LogP contribution in [-0.2, 0) is 17.6 Å². The van der Waals surface area contributed by atoms with E-state index in [1.807, 2.05) is 30.3 Å². The summed E-state index contributed by atoms with van der Waals surface area (Å²) >= 11 is 0. The molecule has 2 N–H and O–H groups in total.